The van der Waals surface area contributed by atoms with Gasteiger partial charge in [0.1, 0.15) is 0 Å². The Labute approximate surface area is 145 Å². The van der Waals surface area contributed by atoms with Crippen molar-refractivity contribution >= 4 is 21.6 Å². The molecule has 0 spiro atoms. The summed E-state index contributed by atoms with van der Waals surface area (Å²) in [4.78, 5) is 16.0. The molecule has 6 heteroatoms. The Balaban J connectivity index is 1.54. The fourth-order valence-corrected chi connectivity index (χ4v) is 3.94. The van der Waals surface area contributed by atoms with Gasteiger partial charge in [0.2, 0.25) is 5.88 Å². The van der Waals surface area contributed by atoms with Gasteiger partial charge < -0.3 is 4.74 Å². The fourth-order valence-electron chi connectivity index (χ4n) is 3.29. The minimum atomic E-state index is 0.354. The molecule has 0 unspecified atom stereocenters. The van der Waals surface area contributed by atoms with Gasteiger partial charge in [0.25, 0.3) is 0 Å². The largest absolute Gasteiger partial charge is 0.480 e. The van der Waals surface area contributed by atoms with Gasteiger partial charge in [0.05, 0.1) is 40.4 Å². The zero-order chi connectivity index (χ0) is 16.5. The van der Waals surface area contributed by atoms with Crippen molar-refractivity contribution in [3.63, 3.8) is 0 Å². The van der Waals surface area contributed by atoms with Crippen LogP contribution in [0.3, 0.4) is 0 Å². The van der Waals surface area contributed by atoms with E-state index in [1.54, 1.807) is 24.6 Å². The van der Waals surface area contributed by atoms with Crippen LogP contribution in [0.2, 0.25) is 0 Å². The Bertz CT molecular complexity index is 863. The van der Waals surface area contributed by atoms with Crippen LogP contribution in [0.15, 0.2) is 29.9 Å². The predicted octanol–water partition coefficient (Wildman–Crippen LogP) is 3.26. The summed E-state index contributed by atoms with van der Waals surface area (Å²) in [5.41, 5.74) is 6.49. The number of ether oxygens (including phenoxy) is 1. The highest BCUT2D eigenvalue weighted by molar-refractivity contribution is 7.16. The SMILES string of the molecule is COc1cnc2c(n1)CCN([C@H](C)c1ccc3scnc3c1)CC2. The first-order chi connectivity index (χ1) is 11.7. The number of rotatable bonds is 3. The van der Waals surface area contributed by atoms with Gasteiger partial charge in [-0.15, -0.1) is 11.3 Å². The summed E-state index contributed by atoms with van der Waals surface area (Å²) in [6, 6.07) is 6.98. The van der Waals surface area contributed by atoms with Gasteiger partial charge in [-0.2, -0.15) is 0 Å². The lowest BCUT2D eigenvalue weighted by molar-refractivity contribution is 0.220. The minimum absolute atomic E-state index is 0.354. The maximum absolute atomic E-state index is 5.20. The average molecular weight is 340 g/mol. The van der Waals surface area contributed by atoms with Crippen molar-refractivity contribution in [1.29, 1.82) is 0 Å². The van der Waals surface area contributed by atoms with Gasteiger partial charge in [-0.1, -0.05) is 6.07 Å². The van der Waals surface area contributed by atoms with Crippen molar-refractivity contribution in [2.45, 2.75) is 25.8 Å². The monoisotopic (exact) mass is 340 g/mol. The molecule has 0 radical (unpaired) electrons. The highest BCUT2D eigenvalue weighted by Gasteiger charge is 2.21. The fraction of sp³-hybridized carbons (Fsp3) is 0.389. The first kappa shape index (κ1) is 15.5. The number of methoxy groups -OCH3 is 1. The molecule has 5 nitrogen and oxygen atoms in total. The molecule has 1 aliphatic rings. The summed E-state index contributed by atoms with van der Waals surface area (Å²) >= 11 is 1.69. The molecule has 0 saturated carbocycles. The van der Waals surface area contributed by atoms with Gasteiger partial charge in [-0.05, 0) is 24.6 Å². The van der Waals surface area contributed by atoms with E-state index in [2.05, 4.69) is 45.0 Å². The van der Waals surface area contributed by atoms with E-state index in [-0.39, 0.29) is 0 Å². The molecular weight excluding hydrogens is 320 g/mol. The second-order valence-corrected chi connectivity index (χ2v) is 6.98. The van der Waals surface area contributed by atoms with E-state index in [4.69, 9.17) is 4.74 Å². The van der Waals surface area contributed by atoms with Crippen molar-refractivity contribution < 1.29 is 4.74 Å². The van der Waals surface area contributed by atoms with E-state index in [1.807, 2.05) is 5.51 Å². The number of benzene rings is 1. The molecule has 0 amide bonds. The number of thiazole rings is 1. The zero-order valence-corrected chi connectivity index (χ0v) is 14.7. The predicted molar refractivity (Wildman–Crippen MR) is 95.6 cm³/mol. The molecule has 1 aliphatic heterocycles. The minimum Gasteiger partial charge on any atom is -0.480 e. The van der Waals surface area contributed by atoms with E-state index < -0.39 is 0 Å². The summed E-state index contributed by atoms with van der Waals surface area (Å²) in [6.07, 6.45) is 3.55. The normalized spacial score (nSPS) is 16.6. The summed E-state index contributed by atoms with van der Waals surface area (Å²) in [6.45, 7) is 4.24. The first-order valence-corrected chi connectivity index (χ1v) is 9.08. The van der Waals surface area contributed by atoms with Gasteiger partial charge in [-0.25, -0.2) is 9.97 Å². The second kappa shape index (κ2) is 6.45. The Hall–Kier alpha value is -2.05. The number of hydrogen-bond donors (Lipinski definition) is 0. The molecule has 3 heterocycles. The van der Waals surface area contributed by atoms with Crippen LogP contribution in [-0.4, -0.2) is 40.1 Å². The molecule has 1 atom stereocenters. The van der Waals surface area contributed by atoms with Crippen LogP contribution in [0, 0.1) is 0 Å². The molecule has 0 N–H and O–H groups in total. The third-order valence-corrected chi connectivity index (χ3v) is 5.58. The van der Waals surface area contributed by atoms with Crippen molar-refractivity contribution in [2.24, 2.45) is 0 Å². The Kier molecular flexibility index (Phi) is 4.16. The van der Waals surface area contributed by atoms with Gasteiger partial charge in [0, 0.05) is 32.0 Å². The molecule has 3 aromatic rings. The zero-order valence-electron chi connectivity index (χ0n) is 13.9. The maximum Gasteiger partial charge on any atom is 0.232 e. The molecule has 0 fully saturated rings. The van der Waals surface area contributed by atoms with E-state index in [0.29, 0.717) is 11.9 Å². The van der Waals surface area contributed by atoms with Crippen LogP contribution in [0.25, 0.3) is 10.2 Å². The quantitative estimate of drug-likeness (QED) is 0.732. The summed E-state index contributed by atoms with van der Waals surface area (Å²) < 4.78 is 6.45. The van der Waals surface area contributed by atoms with E-state index in [9.17, 15) is 0 Å². The van der Waals surface area contributed by atoms with Crippen LogP contribution in [0.5, 0.6) is 5.88 Å². The van der Waals surface area contributed by atoms with Crippen LogP contribution in [0.4, 0.5) is 0 Å². The lowest BCUT2D eigenvalue weighted by Gasteiger charge is -2.27. The van der Waals surface area contributed by atoms with Crippen LogP contribution in [0.1, 0.15) is 29.9 Å². The van der Waals surface area contributed by atoms with Crippen LogP contribution < -0.4 is 4.74 Å². The van der Waals surface area contributed by atoms with Crippen molar-refractivity contribution in [2.75, 3.05) is 20.2 Å². The molecule has 0 bridgehead atoms. The van der Waals surface area contributed by atoms with Crippen molar-refractivity contribution in [1.82, 2.24) is 19.9 Å². The standard InChI is InChI=1S/C18H20N4OS/c1-12(13-3-4-17-16(9-13)20-11-24-17)22-7-5-14-15(6-8-22)21-18(23-2)10-19-14/h3-4,9-12H,5-8H2,1-2H3/t12-/m1/s1. The molecule has 0 aliphatic carbocycles. The summed E-state index contributed by atoms with van der Waals surface area (Å²) in [5, 5.41) is 0. The second-order valence-electron chi connectivity index (χ2n) is 6.10. The molecule has 1 aromatic carbocycles. The first-order valence-electron chi connectivity index (χ1n) is 8.20. The third-order valence-electron chi connectivity index (χ3n) is 4.77. The third kappa shape index (κ3) is 2.87. The molecule has 4 rings (SSSR count). The Morgan fingerprint density at radius 1 is 1.17 bits per heavy atom. The van der Waals surface area contributed by atoms with Gasteiger partial charge >= 0.3 is 0 Å². The van der Waals surface area contributed by atoms with Crippen molar-refractivity contribution in [3.8, 4) is 5.88 Å². The van der Waals surface area contributed by atoms with E-state index >= 15 is 0 Å². The average Bonchev–Trinajstić information content (AvgIpc) is 2.99. The van der Waals surface area contributed by atoms with E-state index in [0.717, 1.165) is 42.8 Å². The van der Waals surface area contributed by atoms with Crippen molar-refractivity contribution in [3.05, 3.63) is 46.9 Å². The lowest BCUT2D eigenvalue weighted by Crippen LogP contribution is -2.29. The Morgan fingerprint density at radius 3 is 2.83 bits per heavy atom. The summed E-state index contributed by atoms with van der Waals surface area (Å²) in [5.74, 6) is 0.601. The van der Waals surface area contributed by atoms with Gasteiger partial charge in [-0.3, -0.25) is 9.88 Å². The smallest absolute Gasteiger partial charge is 0.232 e. The van der Waals surface area contributed by atoms with Crippen LogP contribution >= 0.6 is 11.3 Å². The van der Waals surface area contributed by atoms with E-state index in [1.165, 1.54) is 10.3 Å². The number of fused-ring (bicyclic) bond motifs is 2. The highest BCUT2D eigenvalue weighted by atomic mass is 32.1. The topological polar surface area (TPSA) is 51.1 Å². The Morgan fingerprint density at radius 2 is 2.00 bits per heavy atom. The van der Waals surface area contributed by atoms with Crippen LogP contribution in [-0.2, 0) is 12.8 Å². The van der Waals surface area contributed by atoms with Gasteiger partial charge in [0.15, 0.2) is 0 Å². The summed E-state index contributed by atoms with van der Waals surface area (Å²) in [7, 11) is 1.64. The molecule has 24 heavy (non-hydrogen) atoms. The lowest BCUT2D eigenvalue weighted by atomic mass is 10.1. The maximum atomic E-state index is 5.20. The molecule has 124 valence electrons. The number of aromatic nitrogens is 3. The number of hydrogen-bond acceptors (Lipinski definition) is 6. The highest BCUT2D eigenvalue weighted by Crippen LogP contribution is 2.27. The molecule has 0 saturated heterocycles. The molecular formula is C18H20N4OS. The molecule has 2 aromatic heterocycles. The number of nitrogens with zero attached hydrogens (tertiary/aromatic N) is 4.